The van der Waals surface area contributed by atoms with E-state index in [1.54, 1.807) is 20.0 Å². The van der Waals surface area contributed by atoms with Crippen LogP contribution in [0.15, 0.2) is 22.8 Å². The number of rotatable bonds is 2. The third-order valence-electron chi connectivity index (χ3n) is 3.39. The highest BCUT2D eigenvalue weighted by atomic mass is 79.9. The molecule has 2 rings (SSSR count). The van der Waals surface area contributed by atoms with Crippen LogP contribution in [0.25, 0.3) is 0 Å². The van der Waals surface area contributed by atoms with Crippen LogP contribution in [-0.2, 0) is 9.84 Å². The van der Waals surface area contributed by atoms with Gasteiger partial charge in [-0.15, -0.1) is 0 Å². The average Bonchev–Trinajstić information content (AvgIpc) is 2.24. The maximum atomic E-state index is 11.9. The van der Waals surface area contributed by atoms with Gasteiger partial charge in [-0.2, -0.15) is 0 Å². The van der Waals surface area contributed by atoms with Crippen molar-refractivity contribution in [3.05, 3.63) is 22.8 Å². The molecule has 0 bridgehead atoms. The van der Waals surface area contributed by atoms with Crippen molar-refractivity contribution in [1.82, 2.24) is 4.98 Å². The van der Waals surface area contributed by atoms with Crippen LogP contribution >= 0.6 is 15.9 Å². The second kappa shape index (κ2) is 4.81. The van der Waals surface area contributed by atoms with Crippen LogP contribution in [0.1, 0.15) is 26.7 Å². The summed E-state index contributed by atoms with van der Waals surface area (Å²) in [5, 5.41) is 3.31. The van der Waals surface area contributed by atoms with E-state index in [1.807, 2.05) is 12.1 Å². The fraction of sp³-hybridized carbons (Fsp3) is 0.583. The summed E-state index contributed by atoms with van der Waals surface area (Å²) in [4.78, 5) is 4.23. The van der Waals surface area contributed by atoms with Crippen molar-refractivity contribution in [2.45, 2.75) is 37.5 Å². The van der Waals surface area contributed by atoms with Crippen molar-refractivity contribution in [2.75, 3.05) is 11.1 Å². The molecule has 6 heteroatoms. The summed E-state index contributed by atoms with van der Waals surface area (Å²) in [7, 11) is -2.96. The van der Waals surface area contributed by atoms with Crippen LogP contribution < -0.4 is 5.32 Å². The minimum Gasteiger partial charge on any atom is -0.367 e. The molecule has 0 spiro atoms. The van der Waals surface area contributed by atoms with E-state index in [0.29, 0.717) is 12.8 Å². The number of hydrogen-bond donors (Lipinski definition) is 1. The van der Waals surface area contributed by atoms with Crippen molar-refractivity contribution in [3.8, 4) is 0 Å². The summed E-state index contributed by atoms with van der Waals surface area (Å²) < 4.78 is 24.1. The Kier molecular flexibility index (Phi) is 3.69. The molecule has 0 aliphatic carbocycles. The van der Waals surface area contributed by atoms with Gasteiger partial charge in [0.1, 0.15) is 5.82 Å². The topological polar surface area (TPSA) is 59.1 Å². The highest BCUT2D eigenvalue weighted by Gasteiger charge is 2.40. The van der Waals surface area contributed by atoms with Gasteiger partial charge in [0.2, 0.25) is 0 Å². The summed E-state index contributed by atoms with van der Waals surface area (Å²) in [5.74, 6) is 1.02. The predicted molar refractivity (Wildman–Crippen MR) is 76.4 cm³/mol. The SMILES string of the molecule is CC1(C)CC(Nc2cc(Br)ccn2)CCS1(=O)=O. The Morgan fingerprint density at radius 2 is 2.22 bits per heavy atom. The molecule has 1 aromatic heterocycles. The molecule has 18 heavy (non-hydrogen) atoms. The molecular formula is C12H17BrN2O2S. The quantitative estimate of drug-likeness (QED) is 0.904. The lowest BCUT2D eigenvalue weighted by Crippen LogP contribution is -2.45. The van der Waals surface area contributed by atoms with E-state index in [0.717, 1.165) is 10.3 Å². The second-order valence-electron chi connectivity index (χ2n) is 5.27. The van der Waals surface area contributed by atoms with Gasteiger partial charge in [0.05, 0.1) is 10.5 Å². The highest BCUT2D eigenvalue weighted by molar-refractivity contribution is 9.10. The largest absolute Gasteiger partial charge is 0.367 e. The first kappa shape index (κ1) is 13.8. The van der Waals surface area contributed by atoms with Crippen LogP contribution in [0.3, 0.4) is 0 Å². The number of hydrogen-bond acceptors (Lipinski definition) is 4. The first-order chi connectivity index (χ1) is 8.30. The van der Waals surface area contributed by atoms with Crippen LogP contribution in [0.4, 0.5) is 5.82 Å². The Labute approximate surface area is 116 Å². The van der Waals surface area contributed by atoms with Gasteiger partial charge in [-0.05, 0) is 38.8 Å². The number of halogens is 1. The molecular weight excluding hydrogens is 316 g/mol. The Balaban J connectivity index is 2.09. The molecule has 1 fully saturated rings. The summed E-state index contributed by atoms with van der Waals surface area (Å²) in [6.07, 6.45) is 2.97. The van der Waals surface area contributed by atoms with Gasteiger partial charge < -0.3 is 5.32 Å². The summed E-state index contributed by atoms with van der Waals surface area (Å²) in [6, 6.07) is 3.92. The molecule has 1 aromatic rings. The molecule has 1 unspecified atom stereocenters. The molecule has 0 radical (unpaired) electrons. The molecule has 0 amide bonds. The van der Waals surface area contributed by atoms with Crippen LogP contribution in [0, 0.1) is 0 Å². The van der Waals surface area contributed by atoms with E-state index in [9.17, 15) is 8.42 Å². The van der Waals surface area contributed by atoms with Gasteiger partial charge in [-0.25, -0.2) is 13.4 Å². The zero-order chi connectivity index (χ0) is 13.4. The third-order valence-corrected chi connectivity index (χ3v) is 6.51. The molecule has 1 atom stereocenters. The number of nitrogens with one attached hydrogen (secondary N) is 1. The summed E-state index contributed by atoms with van der Waals surface area (Å²) >= 11 is 3.39. The van der Waals surface area contributed by atoms with Gasteiger partial charge in [-0.1, -0.05) is 15.9 Å². The van der Waals surface area contributed by atoms with Crippen molar-refractivity contribution in [2.24, 2.45) is 0 Å². The average molecular weight is 333 g/mol. The minimum atomic E-state index is -2.96. The second-order valence-corrected chi connectivity index (χ2v) is 8.93. The third kappa shape index (κ3) is 2.85. The Bertz CT molecular complexity index is 543. The lowest BCUT2D eigenvalue weighted by atomic mass is 10.00. The monoisotopic (exact) mass is 332 g/mol. The van der Waals surface area contributed by atoms with Gasteiger partial charge in [0, 0.05) is 16.7 Å². The van der Waals surface area contributed by atoms with E-state index in [1.165, 1.54) is 0 Å². The number of anilines is 1. The van der Waals surface area contributed by atoms with Crippen molar-refractivity contribution in [3.63, 3.8) is 0 Å². The predicted octanol–water partition coefficient (Wildman–Crippen LogP) is 2.61. The van der Waals surface area contributed by atoms with Gasteiger partial charge in [-0.3, -0.25) is 0 Å². The zero-order valence-corrected chi connectivity index (χ0v) is 12.9. The highest BCUT2D eigenvalue weighted by Crippen LogP contribution is 2.31. The Hall–Kier alpha value is -0.620. The Morgan fingerprint density at radius 1 is 1.50 bits per heavy atom. The molecule has 1 aliphatic heterocycles. The molecule has 1 aliphatic rings. The smallest absolute Gasteiger partial charge is 0.155 e. The maximum Gasteiger partial charge on any atom is 0.155 e. The van der Waals surface area contributed by atoms with Crippen LogP contribution in [0.5, 0.6) is 0 Å². The van der Waals surface area contributed by atoms with E-state index < -0.39 is 14.6 Å². The van der Waals surface area contributed by atoms with E-state index in [-0.39, 0.29) is 11.8 Å². The maximum absolute atomic E-state index is 11.9. The molecule has 1 N–H and O–H groups in total. The first-order valence-electron chi connectivity index (χ1n) is 5.91. The van der Waals surface area contributed by atoms with E-state index in [4.69, 9.17) is 0 Å². The molecule has 1 saturated heterocycles. The standard InChI is InChI=1S/C12H17BrN2O2S/c1-12(2)8-10(4-6-18(12,16)17)15-11-7-9(13)3-5-14-11/h3,5,7,10H,4,6,8H2,1-2H3,(H,14,15). The number of sulfone groups is 1. The summed E-state index contributed by atoms with van der Waals surface area (Å²) in [5.41, 5.74) is 0. The number of nitrogens with zero attached hydrogens (tertiary/aromatic N) is 1. The molecule has 100 valence electrons. The van der Waals surface area contributed by atoms with Crippen molar-refractivity contribution >= 4 is 31.6 Å². The summed E-state index contributed by atoms with van der Waals surface area (Å²) in [6.45, 7) is 3.59. The minimum absolute atomic E-state index is 0.158. The fourth-order valence-corrected chi connectivity index (χ4v) is 4.15. The normalized spacial score (nSPS) is 25.6. The fourth-order valence-electron chi connectivity index (χ4n) is 2.21. The molecule has 2 heterocycles. The van der Waals surface area contributed by atoms with Crippen LogP contribution in [-0.4, -0.2) is 29.9 Å². The van der Waals surface area contributed by atoms with Gasteiger partial charge in [0.15, 0.2) is 9.84 Å². The lowest BCUT2D eigenvalue weighted by Gasteiger charge is -2.35. The number of aromatic nitrogens is 1. The van der Waals surface area contributed by atoms with Crippen molar-refractivity contribution < 1.29 is 8.42 Å². The lowest BCUT2D eigenvalue weighted by molar-refractivity contribution is 0.462. The molecule has 0 saturated carbocycles. The molecule has 4 nitrogen and oxygen atoms in total. The Morgan fingerprint density at radius 3 is 2.83 bits per heavy atom. The van der Waals surface area contributed by atoms with E-state index in [2.05, 4.69) is 26.2 Å². The van der Waals surface area contributed by atoms with Gasteiger partial charge >= 0.3 is 0 Å². The molecule has 0 aromatic carbocycles. The van der Waals surface area contributed by atoms with Gasteiger partial charge in [0.25, 0.3) is 0 Å². The number of pyridine rings is 1. The van der Waals surface area contributed by atoms with Crippen molar-refractivity contribution in [1.29, 1.82) is 0 Å². The van der Waals surface area contributed by atoms with Crippen LogP contribution in [0.2, 0.25) is 0 Å². The zero-order valence-electron chi connectivity index (χ0n) is 10.5. The van der Waals surface area contributed by atoms with E-state index >= 15 is 0 Å². The first-order valence-corrected chi connectivity index (χ1v) is 8.35.